The molecule has 0 aliphatic rings. The minimum atomic E-state index is 0.250. The van der Waals surface area contributed by atoms with Crippen molar-refractivity contribution in [2.75, 3.05) is 0 Å². The normalized spacial score (nSPS) is 8.93. The van der Waals surface area contributed by atoms with Gasteiger partial charge in [0.15, 0.2) is 0 Å². The van der Waals surface area contributed by atoms with Crippen molar-refractivity contribution in [3.63, 3.8) is 0 Å². The van der Waals surface area contributed by atoms with E-state index in [0.717, 1.165) is 5.56 Å². The van der Waals surface area contributed by atoms with Gasteiger partial charge in [-0.05, 0) is 23.8 Å². The fourth-order valence-electron chi connectivity index (χ4n) is 1.07. The molecule has 14 heavy (non-hydrogen) atoms. The molecular formula is C11H7Cl2N. The molecule has 0 aliphatic carbocycles. The Hall–Kier alpha value is -1.19. The molecule has 3 heteroatoms. The minimum Gasteiger partial charge on any atom is -0.198 e. The molecule has 1 aromatic rings. The lowest BCUT2D eigenvalue weighted by atomic mass is 10.0. The van der Waals surface area contributed by atoms with Crippen molar-refractivity contribution in [2.24, 2.45) is 0 Å². The van der Waals surface area contributed by atoms with Gasteiger partial charge in [0.2, 0.25) is 0 Å². The fraction of sp³-hybridized carbons (Fsp3) is 0.0909. The molecule has 0 atom stereocenters. The number of halogens is 2. The maximum atomic E-state index is 8.56. The molecule has 0 saturated carbocycles. The van der Waals surface area contributed by atoms with Crippen molar-refractivity contribution in [3.8, 4) is 6.07 Å². The van der Waals surface area contributed by atoms with Crippen LogP contribution >= 0.6 is 23.2 Å². The number of nitrogens with zero attached hydrogens (tertiary/aromatic N) is 1. The molecule has 0 aromatic heterocycles. The second-order valence-corrected chi connectivity index (χ2v) is 3.52. The van der Waals surface area contributed by atoms with Gasteiger partial charge in [-0.2, -0.15) is 5.26 Å². The van der Waals surface area contributed by atoms with Crippen molar-refractivity contribution in [1.29, 1.82) is 5.26 Å². The number of hydrogen-bond donors (Lipinski definition) is 0. The maximum absolute atomic E-state index is 8.56. The Bertz CT molecular complexity index is 417. The predicted molar refractivity (Wildman–Crippen MR) is 59.2 cm³/mol. The first-order valence-electron chi connectivity index (χ1n) is 3.89. The van der Waals surface area contributed by atoms with Crippen molar-refractivity contribution < 1.29 is 0 Å². The summed E-state index contributed by atoms with van der Waals surface area (Å²) in [4.78, 5) is 0. The lowest BCUT2D eigenvalue weighted by Crippen LogP contribution is -1.82. The molecule has 1 nitrogen and oxygen atoms in total. The summed E-state index contributed by atoms with van der Waals surface area (Å²) in [5.41, 5.74) is 4.20. The number of allylic oxidation sites excluding steroid dienone is 1. The summed E-state index contributed by atoms with van der Waals surface area (Å²) < 4.78 is 0. The monoisotopic (exact) mass is 223 g/mol. The Morgan fingerprint density at radius 2 is 1.86 bits per heavy atom. The van der Waals surface area contributed by atoms with Crippen LogP contribution in [0.5, 0.6) is 0 Å². The molecule has 0 N–H and O–H groups in total. The largest absolute Gasteiger partial charge is 0.198 e. The Morgan fingerprint density at radius 3 is 2.29 bits per heavy atom. The highest BCUT2D eigenvalue weighted by atomic mass is 35.5. The number of nitriles is 1. The van der Waals surface area contributed by atoms with Crippen LogP contribution < -0.4 is 0 Å². The molecule has 70 valence electrons. The first kappa shape index (κ1) is 10.9. The zero-order valence-electron chi connectivity index (χ0n) is 7.35. The second-order valence-electron chi connectivity index (χ2n) is 2.65. The smallest absolute Gasteiger partial charge is 0.0680 e. The summed E-state index contributed by atoms with van der Waals surface area (Å²) in [5, 5.41) is 9.64. The zero-order chi connectivity index (χ0) is 10.6. The van der Waals surface area contributed by atoms with Crippen LogP contribution in [0.2, 0.25) is 10.0 Å². The summed E-state index contributed by atoms with van der Waals surface area (Å²) in [6.45, 7) is 3.52. The molecule has 0 saturated heterocycles. The highest BCUT2D eigenvalue weighted by Crippen LogP contribution is 2.25. The fourth-order valence-corrected chi connectivity index (χ4v) is 1.60. The second kappa shape index (κ2) is 4.88. The van der Waals surface area contributed by atoms with Gasteiger partial charge in [0, 0.05) is 15.6 Å². The van der Waals surface area contributed by atoms with Gasteiger partial charge >= 0.3 is 0 Å². The average molecular weight is 224 g/mol. The van der Waals surface area contributed by atoms with Gasteiger partial charge in [0.05, 0.1) is 12.5 Å². The summed E-state index contributed by atoms with van der Waals surface area (Å²) in [6.07, 6.45) is 0.250. The van der Waals surface area contributed by atoms with Crippen LogP contribution in [0.15, 0.2) is 30.5 Å². The lowest BCUT2D eigenvalue weighted by molar-refractivity contribution is 1.36. The molecule has 0 fully saturated rings. The number of rotatable bonds is 2. The topological polar surface area (TPSA) is 23.8 Å². The Labute approximate surface area is 92.9 Å². The average Bonchev–Trinajstić information content (AvgIpc) is 2.12. The third kappa shape index (κ3) is 2.65. The maximum Gasteiger partial charge on any atom is 0.0680 e. The van der Waals surface area contributed by atoms with E-state index in [-0.39, 0.29) is 6.42 Å². The van der Waals surface area contributed by atoms with Crippen LogP contribution in [-0.4, -0.2) is 0 Å². The van der Waals surface area contributed by atoms with E-state index in [1.54, 1.807) is 18.2 Å². The van der Waals surface area contributed by atoms with Crippen molar-refractivity contribution >= 4 is 28.8 Å². The molecule has 0 amide bonds. The van der Waals surface area contributed by atoms with E-state index in [4.69, 9.17) is 28.5 Å². The molecule has 0 spiro atoms. The first-order chi connectivity index (χ1) is 6.67. The van der Waals surface area contributed by atoms with E-state index in [2.05, 4.69) is 12.3 Å². The third-order valence-electron chi connectivity index (χ3n) is 1.68. The molecule has 0 aliphatic heterocycles. The highest BCUT2D eigenvalue weighted by molar-refractivity contribution is 6.34. The van der Waals surface area contributed by atoms with E-state index in [1.165, 1.54) is 0 Å². The summed E-state index contributed by atoms with van der Waals surface area (Å²) in [7, 11) is 0. The van der Waals surface area contributed by atoms with Gasteiger partial charge in [-0.15, -0.1) is 5.73 Å². The van der Waals surface area contributed by atoms with Gasteiger partial charge in [0.1, 0.15) is 0 Å². The Morgan fingerprint density at radius 1 is 1.29 bits per heavy atom. The molecule has 0 radical (unpaired) electrons. The van der Waals surface area contributed by atoms with Gasteiger partial charge in [-0.1, -0.05) is 29.8 Å². The van der Waals surface area contributed by atoms with E-state index in [1.807, 2.05) is 6.07 Å². The van der Waals surface area contributed by atoms with E-state index in [9.17, 15) is 0 Å². The van der Waals surface area contributed by atoms with Gasteiger partial charge in [-0.3, -0.25) is 0 Å². The number of hydrogen-bond acceptors (Lipinski definition) is 1. The molecule has 0 bridgehead atoms. The minimum absolute atomic E-state index is 0.250. The van der Waals surface area contributed by atoms with Crippen LogP contribution in [0, 0.1) is 11.3 Å². The third-order valence-corrected chi connectivity index (χ3v) is 2.12. The molecule has 1 aromatic carbocycles. The van der Waals surface area contributed by atoms with Crippen LogP contribution in [0.25, 0.3) is 5.57 Å². The van der Waals surface area contributed by atoms with Crippen LogP contribution in [0.4, 0.5) is 0 Å². The lowest BCUT2D eigenvalue weighted by Gasteiger charge is -2.02. The molecule has 0 unspecified atom stereocenters. The highest BCUT2D eigenvalue weighted by Gasteiger charge is 2.03. The summed E-state index contributed by atoms with van der Waals surface area (Å²) in [5.74, 6) is 0. The predicted octanol–water partition coefficient (Wildman–Crippen LogP) is 4.08. The summed E-state index contributed by atoms with van der Waals surface area (Å²) >= 11 is 11.6. The van der Waals surface area contributed by atoms with E-state index >= 15 is 0 Å². The van der Waals surface area contributed by atoms with Gasteiger partial charge in [-0.25, -0.2) is 0 Å². The quantitative estimate of drug-likeness (QED) is 0.694. The van der Waals surface area contributed by atoms with E-state index in [0.29, 0.717) is 15.6 Å². The molecule has 1 rings (SSSR count). The molecular weight excluding hydrogens is 217 g/mol. The Balaban J connectivity index is 3.19. The van der Waals surface area contributed by atoms with Gasteiger partial charge < -0.3 is 0 Å². The van der Waals surface area contributed by atoms with Gasteiger partial charge in [0.25, 0.3) is 0 Å². The number of benzene rings is 1. The SMILES string of the molecule is C=C=C(CC#N)c1cc(Cl)cc(Cl)c1. The van der Waals surface area contributed by atoms with Crippen LogP contribution in [-0.2, 0) is 0 Å². The molecule has 0 heterocycles. The van der Waals surface area contributed by atoms with Crippen molar-refractivity contribution in [2.45, 2.75) is 6.42 Å². The van der Waals surface area contributed by atoms with Crippen molar-refractivity contribution in [1.82, 2.24) is 0 Å². The first-order valence-corrected chi connectivity index (χ1v) is 4.65. The standard InChI is InChI=1S/C11H7Cl2N/c1-2-8(3-4-14)9-5-10(12)7-11(13)6-9/h5-7H,1,3H2. The van der Waals surface area contributed by atoms with E-state index < -0.39 is 0 Å². The zero-order valence-corrected chi connectivity index (χ0v) is 8.86. The van der Waals surface area contributed by atoms with Crippen LogP contribution in [0.3, 0.4) is 0 Å². The Kier molecular flexibility index (Phi) is 3.80. The summed E-state index contributed by atoms with van der Waals surface area (Å²) in [6, 6.07) is 7.14. The van der Waals surface area contributed by atoms with Crippen LogP contribution in [0.1, 0.15) is 12.0 Å². The van der Waals surface area contributed by atoms with Crippen molar-refractivity contribution in [3.05, 3.63) is 46.1 Å².